The summed E-state index contributed by atoms with van der Waals surface area (Å²) in [6, 6.07) is 13.7. The Labute approximate surface area is 142 Å². The van der Waals surface area contributed by atoms with E-state index in [1.165, 1.54) is 0 Å². The van der Waals surface area contributed by atoms with Crippen molar-refractivity contribution in [3.8, 4) is 11.5 Å². The molecule has 0 saturated heterocycles. The van der Waals surface area contributed by atoms with Crippen molar-refractivity contribution in [3.05, 3.63) is 65.7 Å². The molecular weight excluding hydrogens is 312 g/mol. The van der Waals surface area contributed by atoms with Gasteiger partial charge in [-0.25, -0.2) is 5.43 Å². The summed E-state index contributed by atoms with van der Waals surface area (Å²) in [6.07, 6.45) is 1.67. The van der Waals surface area contributed by atoms with Gasteiger partial charge in [-0.15, -0.1) is 0 Å². The summed E-state index contributed by atoms with van der Waals surface area (Å²) in [5.41, 5.74) is 8.28. The first kappa shape index (κ1) is 17.2. The van der Waals surface area contributed by atoms with Gasteiger partial charge in [0.2, 0.25) is 0 Å². The summed E-state index contributed by atoms with van der Waals surface area (Å²) >= 11 is 6.31. The van der Waals surface area contributed by atoms with E-state index < -0.39 is 0 Å². The molecule has 0 aliphatic rings. The Bertz CT molecular complexity index is 632. The van der Waals surface area contributed by atoms with Crippen LogP contribution in [0.5, 0.6) is 11.5 Å². The maximum absolute atomic E-state index is 6.31. The number of anilines is 1. The largest absolute Gasteiger partial charge is 0.490 e. The molecular formula is C18H21ClN2O2. The van der Waals surface area contributed by atoms with Gasteiger partial charge in [-0.05, 0) is 36.8 Å². The molecule has 0 amide bonds. The van der Waals surface area contributed by atoms with Crippen LogP contribution in [0.25, 0.3) is 0 Å². The Morgan fingerprint density at radius 2 is 1.96 bits per heavy atom. The molecule has 0 unspecified atom stereocenters. The average Bonchev–Trinajstić information content (AvgIpc) is 2.55. The highest BCUT2D eigenvalue weighted by atomic mass is 35.5. The van der Waals surface area contributed by atoms with E-state index in [4.69, 9.17) is 21.1 Å². The van der Waals surface area contributed by atoms with E-state index in [1.807, 2.05) is 49.4 Å². The van der Waals surface area contributed by atoms with Crippen molar-refractivity contribution < 1.29 is 9.47 Å². The molecule has 0 radical (unpaired) electrons. The van der Waals surface area contributed by atoms with Gasteiger partial charge in [-0.1, -0.05) is 42.5 Å². The van der Waals surface area contributed by atoms with Crippen LogP contribution in [0, 0.1) is 0 Å². The fourth-order valence-corrected chi connectivity index (χ4v) is 2.33. The summed E-state index contributed by atoms with van der Waals surface area (Å²) in [5, 5.41) is 0.523. The molecule has 2 aromatic carbocycles. The minimum absolute atomic E-state index is 0.382. The minimum atomic E-state index is 0.382. The number of para-hydroxylation sites is 1. The zero-order valence-corrected chi connectivity index (χ0v) is 13.9. The number of hydrogen-bond donors (Lipinski definition) is 2. The molecule has 2 rings (SSSR count). The second-order valence-corrected chi connectivity index (χ2v) is 5.19. The lowest BCUT2D eigenvalue weighted by Crippen LogP contribution is -2.20. The first-order valence-corrected chi connectivity index (χ1v) is 7.85. The molecule has 0 bridgehead atoms. The second kappa shape index (κ2) is 9.08. The smallest absolute Gasteiger partial charge is 0.180 e. The molecule has 0 aromatic heterocycles. The Morgan fingerprint density at radius 1 is 1.17 bits per heavy atom. The van der Waals surface area contributed by atoms with Crippen LogP contribution >= 0.6 is 11.6 Å². The molecule has 2 N–H and O–H groups in total. The predicted molar refractivity (Wildman–Crippen MR) is 95.2 cm³/mol. The van der Waals surface area contributed by atoms with Gasteiger partial charge in [0.05, 0.1) is 11.6 Å². The molecule has 122 valence electrons. The van der Waals surface area contributed by atoms with Crippen LogP contribution in [-0.2, 0) is 6.54 Å². The van der Waals surface area contributed by atoms with E-state index in [1.54, 1.807) is 6.08 Å². The standard InChI is InChI=1S/C18H21ClN2O2/c1-3-10-23-18-16(19)11-14(12-17(18)22-4-2)13-20-21-15-8-6-5-7-9-15/h3,5-9,11-12,20-21H,1,4,10,13H2,2H3. The van der Waals surface area contributed by atoms with Gasteiger partial charge >= 0.3 is 0 Å². The van der Waals surface area contributed by atoms with Crippen LogP contribution in [0.2, 0.25) is 5.02 Å². The van der Waals surface area contributed by atoms with Gasteiger partial charge in [-0.3, -0.25) is 0 Å². The average molecular weight is 333 g/mol. The molecule has 0 heterocycles. The lowest BCUT2D eigenvalue weighted by atomic mass is 10.2. The van der Waals surface area contributed by atoms with Gasteiger partial charge in [-0.2, -0.15) is 0 Å². The van der Waals surface area contributed by atoms with E-state index in [-0.39, 0.29) is 0 Å². The summed E-state index contributed by atoms with van der Waals surface area (Å²) < 4.78 is 11.2. The van der Waals surface area contributed by atoms with Crippen LogP contribution in [0.1, 0.15) is 12.5 Å². The zero-order chi connectivity index (χ0) is 16.5. The molecule has 0 spiro atoms. The van der Waals surface area contributed by atoms with Gasteiger partial charge in [0, 0.05) is 12.2 Å². The summed E-state index contributed by atoms with van der Waals surface area (Å²) in [5.74, 6) is 1.19. The normalized spacial score (nSPS) is 10.2. The number of halogens is 1. The van der Waals surface area contributed by atoms with Crippen molar-refractivity contribution in [2.75, 3.05) is 18.6 Å². The fraction of sp³-hybridized carbons (Fsp3) is 0.222. The number of hydrazine groups is 1. The van der Waals surface area contributed by atoms with E-state index in [9.17, 15) is 0 Å². The Morgan fingerprint density at radius 3 is 2.65 bits per heavy atom. The van der Waals surface area contributed by atoms with E-state index in [2.05, 4.69) is 17.4 Å². The maximum Gasteiger partial charge on any atom is 0.180 e. The zero-order valence-electron chi connectivity index (χ0n) is 13.1. The van der Waals surface area contributed by atoms with E-state index in [0.717, 1.165) is 11.3 Å². The van der Waals surface area contributed by atoms with E-state index in [0.29, 0.717) is 36.3 Å². The summed E-state index contributed by atoms with van der Waals surface area (Å²) in [4.78, 5) is 0. The Kier molecular flexibility index (Phi) is 6.78. The van der Waals surface area contributed by atoms with Crippen LogP contribution in [0.3, 0.4) is 0 Å². The molecule has 5 heteroatoms. The van der Waals surface area contributed by atoms with Crippen molar-refractivity contribution in [3.63, 3.8) is 0 Å². The van der Waals surface area contributed by atoms with Crippen LogP contribution in [-0.4, -0.2) is 13.2 Å². The van der Waals surface area contributed by atoms with Crippen LogP contribution in [0.4, 0.5) is 5.69 Å². The van der Waals surface area contributed by atoms with Gasteiger partial charge < -0.3 is 14.9 Å². The summed E-state index contributed by atoms with van der Waals surface area (Å²) in [6.45, 7) is 7.08. The van der Waals surface area contributed by atoms with Crippen molar-refractivity contribution in [1.29, 1.82) is 0 Å². The first-order chi connectivity index (χ1) is 11.2. The maximum atomic E-state index is 6.31. The molecule has 23 heavy (non-hydrogen) atoms. The third kappa shape index (κ3) is 5.20. The molecule has 4 nitrogen and oxygen atoms in total. The van der Waals surface area contributed by atoms with Crippen LogP contribution < -0.4 is 20.3 Å². The number of benzene rings is 2. The number of hydrogen-bond acceptors (Lipinski definition) is 4. The lowest BCUT2D eigenvalue weighted by Gasteiger charge is -2.15. The highest BCUT2D eigenvalue weighted by Gasteiger charge is 2.12. The van der Waals surface area contributed by atoms with Gasteiger partial charge in [0.15, 0.2) is 11.5 Å². The van der Waals surface area contributed by atoms with Crippen molar-refractivity contribution in [2.24, 2.45) is 0 Å². The third-order valence-electron chi connectivity index (χ3n) is 3.01. The fourth-order valence-electron chi connectivity index (χ4n) is 2.04. The molecule has 0 saturated carbocycles. The first-order valence-electron chi connectivity index (χ1n) is 7.47. The molecule has 0 aliphatic heterocycles. The van der Waals surface area contributed by atoms with Crippen molar-refractivity contribution in [2.45, 2.75) is 13.5 Å². The highest BCUT2D eigenvalue weighted by Crippen LogP contribution is 2.36. The lowest BCUT2D eigenvalue weighted by molar-refractivity contribution is 0.296. The Balaban J connectivity index is 2.05. The number of rotatable bonds is 9. The van der Waals surface area contributed by atoms with Crippen molar-refractivity contribution in [1.82, 2.24) is 5.43 Å². The quantitative estimate of drug-likeness (QED) is 0.527. The summed E-state index contributed by atoms with van der Waals surface area (Å²) in [7, 11) is 0. The molecule has 0 atom stereocenters. The minimum Gasteiger partial charge on any atom is -0.490 e. The number of ether oxygens (including phenoxy) is 2. The van der Waals surface area contributed by atoms with Gasteiger partial charge in [0.1, 0.15) is 6.61 Å². The highest BCUT2D eigenvalue weighted by molar-refractivity contribution is 6.32. The van der Waals surface area contributed by atoms with Crippen molar-refractivity contribution >= 4 is 17.3 Å². The SMILES string of the molecule is C=CCOc1c(Cl)cc(CNNc2ccccc2)cc1OCC. The molecule has 0 aliphatic carbocycles. The predicted octanol–water partition coefficient (Wildman–Crippen LogP) is 4.42. The Hall–Kier alpha value is -2.17. The molecule has 0 fully saturated rings. The monoisotopic (exact) mass is 332 g/mol. The van der Waals surface area contributed by atoms with Gasteiger partial charge in [0.25, 0.3) is 0 Å². The second-order valence-electron chi connectivity index (χ2n) is 4.78. The molecule has 2 aromatic rings. The topological polar surface area (TPSA) is 42.5 Å². The third-order valence-corrected chi connectivity index (χ3v) is 3.29. The van der Waals surface area contributed by atoms with E-state index >= 15 is 0 Å². The van der Waals surface area contributed by atoms with Crippen LogP contribution in [0.15, 0.2) is 55.1 Å². The number of nitrogens with one attached hydrogen (secondary N) is 2.